The highest BCUT2D eigenvalue weighted by Gasteiger charge is 2.48. The quantitative estimate of drug-likeness (QED) is 0.373. The lowest BCUT2D eigenvalue weighted by atomic mass is 10.1. The average molecular weight is 425 g/mol. The lowest BCUT2D eigenvalue weighted by Gasteiger charge is -2.33. The third-order valence-corrected chi connectivity index (χ3v) is 9.13. The fraction of sp³-hybridized carbons (Fsp3) is 0.143. The first-order valence-corrected chi connectivity index (χ1v) is 12.4. The Balaban J connectivity index is 1.97. The Hall–Kier alpha value is -3.30. The van der Waals surface area contributed by atoms with Gasteiger partial charge in [-0.15, -0.1) is 0 Å². The second-order valence-corrected chi connectivity index (χ2v) is 10.7. The highest BCUT2D eigenvalue weighted by atomic mass is 28.4. The third-order valence-electron chi connectivity index (χ3n) is 5.92. The molecule has 0 aliphatic heterocycles. The molecule has 4 aromatic carbocycles. The van der Waals surface area contributed by atoms with Gasteiger partial charge >= 0.3 is 8.56 Å². The Morgan fingerprint density at radius 1 is 0.452 bits per heavy atom. The van der Waals surface area contributed by atoms with E-state index in [1.54, 1.807) is 0 Å². The van der Waals surface area contributed by atoms with Gasteiger partial charge in [-0.1, -0.05) is 84.9 Å². The van der Waals surface area contributed by atoms with Gasteiger partial charge in [-0.05, 0) is 62.1 Å². The molecule has 0 aromatic heterocycles. The summed E-state index contributed by atoms with van der Waals surface area (Å²) in [5.41, 5.74) is 4.67. The molecule has 0 saturated heterocycles. The van der Waals surface area contributed by atoms with Crippen molar-refractivity contribution in [3.05, 3.63) is 119 Å². The molecule has 0 N–H and O–H groups in total. The first-order valence-electron chi connectivity index (χ1n) is 10.6. The summed E-state index contributed by atoms with van der Waals surface area (Å²) < 4.78 is 14.0. The van der Waals surface area contributed by atoms with E-state index in [0.717, 1.165) is 33.0 Å². The Morgan fingerprint density at radius 3 is 1.23 bits per heavy atom. The van der Waals surface area contributed by atoms with Crippen molar-refractivity contribution in [1.82, 2.24) is 0 Å². The van der Waals surface area contributed by atoms with Crippen LogP contribution in [0.3, 0.4) is 0 Å². The van der Waals surface area contributed by atoms with Crippen LogP contribution in [0, 0.1) is 27.7 Å². The van der Waals surface area contributed by atoms with Gasteiger partial charge in [-0.3, -0.25) is 0 Å². The van der Waals surface area contributed by atoms with Gasteiger partial charge in [-0.25, -0.2) is 0 Å². The predicted molar refractivity (Wildman–Crippen MR) is 131 cm³/mol. The molecule has 0 amide bonds. The summed E-state index contributed by atoms with van der Waals surface area (Å²) in [7, 11) is -3.14. The standard InChI is InChI=1S/C28H28O2Si/c1-21-13-11-19-27(23(21)3)29-31(25-15-7-5-8-16-25,26-17-9-6-10-18-26)30-28-20-12-14-22(2)24(28)4/h5-20H,1-4H3. The zero-order valence-corrected chi connectivity index (χ0v) is 19.6. The van der Waals surface area contributed by atoms with Gasteiger partial charge in [0.1, 0.15) is 11.5 Å². The molecule has 0 radical (unpaired) electrons. The minimum atomic E-state index is -3.14. The van der Waals surface area contributed by atoms with E-state index < -0.39 is 8.56 Å². The van der Waals surface area contributed by atoms with E-state index in [4.69, 9.17) is 8.85 Å². The van der Waals surface area contributed by atoms with Gasteiger partial charge in [0, 0.05) is 10.4 Å². The van der Waals surface area contributed by atoms with Crippen LogP contribution in [0.5, 0.6) is 11.5 Å². The number of rotatable bonds is 6. The van der Waals surface area contributed by atoms with Crippen molar-refractivity contribution in [3.63, 3.8) is 0 Å². The second-order valence-electron chi connectivity index (χ2n) is 7.95. The summed E-state index contributed by atoms with van der Waals surface area (Å²) in [6, 6.07) is 33.2. The van der Waals surface area contributed by atoms with Crippen molar-refractivity contribution in [3.8, 4) is 11.5 Å². The summed E-state index contributed by atoms with van der Waals surface area (Å²) in [5.74, 6) is 1.73. The molecule has 0 atom stereocenters. The maximum atomic E-state index is 7.00. The molecule has 3 heteroatoms. The van der Waals surface area contributed by atoms with Crippen LogP contribution in [0.1, 0.15) is 22.3 Å². The van der Waals surface area contributed by atoms with Crippen molar-refractivity contribution < 1.29 is 8.85 Å². The van der Waals surface area contributed by atoms with Crippen LogP contribution in [0.25, 0.3) is 0 Å². The molecule has 156 valence electrons. The topological polar surface area (TPSA) is 18.5 Å². The highest BCUT2D eigenvalue weighted by Crippen LogP contribution is 2.28. The van der Waals surface area contributed by atoms with Gasteiger partial charge in [0.05, 0.1) is 0 Å². The van der Waals surface area contributed by atoms with Crippen molar-refractivity contribution in [2.45, 2.75) is 27.7 Å². The monoisotopic (exact) mass is 424 g/mol. The molecule has 0 unspecified atom stereocenters. The fourth-order valence-electron chi connectivity index (χ4n) is 3.72. The molecule has 0 fully saturated rings. The molecule has 0 heterocycles. The molecule has 0 spiro atoms. The first-order chi connectivity index (χ1) is 15.0. The molecule has 0 bridgehead atoms. The molecule has 0 aliphatic rings. The van der Waals surface area contributed by atoms with Crippen molar-refractivity contribution in [2.24, 2.45) is 0 Å². The van der Waals surface area contributed by atoms with Crippen LogP contribution < -0.4 is 19.2 Å². The molecule has 0 saturated carbocycles. The van der Waals surface area contributed by atoms with Crippen LogP contribution in [-0.4, -0.2) is 8.56 Å². The molecular weight excluding hydrogens is 396 g/mol. The van der Waals surface area contributed by atoms with Gasteiger partial charge in [0.15, 0.2) is 0 Å². The Kier molecular flexibility index (Phi) is 5.96. The van der Waals surface area contributed by atoms with E-state index in [1.165, 1.54) is 11.1 Å². The second kappa shape index (κ2) is 8.82. The van der Waals surface area contributed by atoms with E-state index in [0.29, 0.717) is 0 Å². The number of benzene rings is 4. The maximum Gasteiger partial charge on any atom is 0.531 e. The minimum absolute atomic E-state index is 0.865. The zero-order valence-electron chi connectivity index (χ0n) is 18.6. The van der Waals surface area contributed by atoms with Crippen molar-refractivity contribution >= 4 is 18.9 Å². The van der Waals surface area contributed by atoms with E-state index in [2.05, 4.69) is 88.4 Å². The number of hydrogen-bond donors (Lipinski definition) is 0. The van der Waals surface area contributed by atoms with Gasteiger partial charge in [0.2, 0.25) is 0 Å². The Labute approximate surface area is 186 Å². The fourth-order valence-corrected chi connectivity index (χ4v) is 6.89. The lowest BCUT2D eigenvalue weighted by molar-refractivity contribution is 0.413. The molecular formula is C28H28O2Si. The zero-order chi connectivity index (χ0) is 21.8. The van der Waals surface area contributed by atoms with Crippen LogP contribution in [-0.2, 0) is 0 Å². The predicted octanol–water partition coefficient (Wildman–Crippen LogP) is 5.63. The molecule has 31 heavy (non-hydrogen) atoms. The van der Waals surface area contributed by atoms with Crippen LogP contribution in [0.2, 0.25) is 0 Å². The third kappa shape index (κ3) is 4.14. The average Bonchev–Trinajstić information content (AvgIpc) is 2.80. The molecule has 4 rings (SSSR count). The van der Waals surface area contributed by atoms with Crippen LogP contribution >= 0.6 is 0 Å². The maximum absolute atomic E-state index is 7.00. The largest absolute Gasteiger partial charge is 0.531 e. The number of aryl methyl sites for hydroxylation is 2. The molecule has 0 aliphatic carbocycles. The Morgan fingerprint density at radius 2 is 0.839 bits per heavy atom. The van der Waals surface area contributed by atoms with Crippen LogP contribution in [0.15, 0.2) is 97.1 Å². The minimum Gasteiger partial charge on any atom is -0.505 e. The molecule has 2 nitrogen and oxygen atoms in total. The highest BCUT2D eigenvalue weighted by molar-refractivity contribution is 6.93. The summed E-state index contributed by atoms with van der Waals surface area (Å²) >= 11 is 0. The SMILES string of the molecule is Cc1cccc(O[Si](Oc2cccc(C)c2C)(c2ccccc2)c2ccccc2)c1C. The van der Waals surface area contributed by atoms with E-state index in [9.17, 15) is 0 Å². The molecule has 4 aromatic rings. The normalized spacial score (nSPS) is 11.2. The van der Waals surface area contributed by atoms with Crippen LogP contribution in [0.4, 0.5) is 0 Å². The summed E-state index contributed by atoms with van der Waals surface area (Å²) in [6.07, 6.45) is 0. The number of hydrogen-bond acceptors (Lipinski definition) is 2. The van der Waals surface area contributed by atoms with Crippen molar-refractivity contribution in [2.75, 3.05) is 0 Å². The van der Waals surface area contributed by atoms with Gasteiger partial charge in [0.25, 0.3) is 0 Å². The van der Waals surface area contributed by atoms with Crippen molar-refractivity contribution in [1.29, 1.82) is 0 Å². The van der Waals surface area contributed by atoms with E-state index in [1.807, 2.05) is 36.4 Å². The first kappa shape index (κ1) is 20.9. The van der Waals surface area contributed by atoms with E-state index >= 15 is 0 Å². The lowest BCUT2D eigenvalue weighted by Crippen LogP contribution is -2.68. The summed E-state index contributed by atoms with van der Waals surface area (Å²) in [6.45, 7) is 8.44. The summed E-state index contributed by atoms with van der Waals surface area (Å²) in [5, 5.41) is 2.14. The summed E-state index contributed by atoms with van der Waals surface area (Å²) in [4.78, 5) is 0. The van der Waals surface area contributed by atoms with E-state index in [-0.39, 0.29) is 0 Å². The van der Waals surface area contributed by atoms with Gasteiger partial charge in [-0.2, -0.15) is 0 Å². The smallest absolute Gasteiger partial charge is 0.505 e. The van der Waals surface area contributed by atoms with Gasteiger partial charge < -0.3 is 8.85 Å². The Bertz CT molecular complexity index is 1080.